The van der Waals surface area contributed by atoms with Crippen LogP contribution in [0.4, 0.5) is 13.2 Å². The Kier molecular flexibility index (Phi) is 5.03. The molecule has 0 heterocycles. The van der Waals surface area contributed by atoms with Gasteiger partial charge in [0.25, 0.3) is 5.79 Å². The van der Waals surface area contributed by atoms with Crippen molar-refractivity contribution < 1.29 is 32.5 Å². The largest absolute Gasteiger partial charge is 0.480 e. The lowest BCUT2D eigenvalue weighted by molar-refractivity contribution is -0.384. The molecule has 2 atom stereocenters. The Morgan fingerprint density at radius 3 is 1.88 bits per heavy atom. The molecule has 0 aliphatic heterocycles. The summed E-state index contributed by atoms with van der Waals surface area (Å²) in [6.07, 6.45) is -4.89. The Morgan fingerprint density at radius 2 is 1.69 bits per heavy atom. The fourth-order valence-electron chi connectivity index (χ4n) is 1.35. The third kappa shape index (κ3) is 2.58. The highest BCUT2D eigenvalue weighted by molar-refractivity contribution is 6.29. The van der Waals surface area contributed by atoms with E-state index in [9.17, 15) is 18.0 Å². The van der Waals surface area contributed by atoms with Crippen LogP contribution < -0.4 is 0 Å². The molecule has 0 rings (SSSR count). The fraction of sp³-hybridized carbons (Fsp3) is 0.875. The molecule has 0 saturated heterocycles. The van der Waals surface area contributed by atoms with E-state index in [0.717, 1.165) is 21.1 Å². The number of carbonyl (C=O) groups is 1. The number of hydrogen-bond donors (Lipinski definition) is 1. The number of alkyl halides is 4. The number of ether oxygens (including phenoxy) is 2. The molecule has 8 heteroatoms. The molecule has 4 nitrogen and oxygen atoms in total. The highest BCUT2D eigenvalue weighted by atomic mass is 35.5. The van der Waals surface area contributed by atoms with Gasteiger partial charge in [-0.15, -0.1) is 11.6 Å². The van der Waals surface area contributed by atoms with Crippen LogP contribution in [0.5, 0.6) is 0 Å². The maximum atomic E-state index is 12.7. The van der Waals surface area contributed by atoms with E-state index in [4.69, 9.17) is 16.7 Å². The Balaban J connectivity index is 5.28. The van der Waals surface area contributed by atoms with Gasteiger partial charge >= 0.3 is 12.1 Å². The standard InChI is InChI=1S/C8H12ClF3O4/c1-4(5(9)6(13)14)7(15-2,16-3)8(10,11)12/h4-5H,1-3H3,(H,13,14). The zero-order chi connectivity index (χ0) is 13.1. The number of rotatable bonds is 5. The summed E-state index contributed by atoms with van der Waals surface area (Å²) < 4.78 is 46.8. The Bertz CT molecular complexity index is 252. The zero-order valence-corrected chi connectivity index (χ0v) is 9.59. The smallest absolute Gasteiger partial charge is 0.443 e. The van der Waals surface area contributed by atoms with E-state index in [1.165, 1.54) is 0 Å². The van der Waals surface area contributed by atoms with Crippen molar-refractivity contribution in [2.75, 3.05) is 14.2 Å². The quantitative estimate of drug-likeness (QED) is 0.608. The summed E-state index contributed by atoms with van der Waals surface area (Å²) in [4.78, 5) is 10.5. The Labute approximate surface area is 95.3 Å². The Hall–Kier alpha value is -0.530. The predicted octanol–water partition coefficient (Wildman–Crippen LogP) is 1.87. The van der Waals surface area contributed by atoms with Crippen molar-refractivity contribution in [1.29, 1.82) is 0 Å². The summed E-state index contributed by atoms with van der Waals surface area (Å²) in [7, 11) is 1.55. The molecule has 0 aliphatic rings. The summed E-state index contributed by atoms with van der Waals surface area (Å²) in [5, 5.41) is 6.79. The topological polar surface area (TPSA) is 55.8 Å². The predicted molar refractivity (Wildman–Crippen MR) is 49.2 cm³/mol. The minimum absolute atomic E-state index is 0.777. The van der Waals surface area contributed by atoms with Crippen molar-refractivity contribution in [3.63, 3.8) is 0 Å². The van der Waals surface area contributed by atoms with E-state index < -0.39 is 29.2 Å². The van der Waals surface area contributed by atoms with Gasteiger partial charge in [-0.3, -0.25) is 4.79 Å². The highest BCUT2D eigenvalue weighted by Crippen LogP contribution is 2.42. The molecule has 0 spiro atoms. The summed E-state index contributed by atoms with van der Waals surface area (Å²) in [5.41, 5.74) is 0. The van der Waals surface area contributed by atoms with Crippen molar-refractivity contribution >= 4 is 17.6 Å². The fourth-order valence-corrected chi connectivity index (χ4v) is 1.52. The summed E-state index contributed by atoms with van der Waals surface area (Å²) in [6.45, 7) is 0.992. The number of hydrogen-bond acceptors (Lipinski definition) is 3. The third-order valence-electron chi connectivity index (χ3n) is 2.28. The number of halogens is 4. The van der Waals surface area contributed by atoms with Crippen molar-refractivity contribution in [2.45, 2.75) is 24.3 Å². The lowest BCUT2D eigenvalue weighted by Gasteiger charge is -2.38. The van der Waals surface area contributed by atoms with Gasteiger partial charge in [0, 0.05) is 20.1 Å². The van der Waals surface area contributed by atoms with Gasteiger partial charge in [-0.2, -0.15) is 13.2 Å². The lowest BCUT2D eigenvalue weighted by Crippen LogP contribution is -2.57. The van der Waals surface area contributed by atoms with Crippen LogP contribution >= 0.6 is 11.6 Å². The average molecular weight is 265 g/mol. The second-order valence-electron chi connectivity index (χ2n) is 3.10. The van der Waals surface area contributed by atoms with Gasteiger partial charge in [-0.05, 0) is 0 Å². The highest BCUT2D eigenvalue weighted by Gasteiger charge is 2.62. The summed E-state index contributed by atoms with van der Waals surface area (Å²) in [5.74, 6) is -6.21. The maximum absolute atomic E-state index is 12.7. The van der Waals surface area contributed by atoms with Crippen LogP contribution in [0, 0.1) is 5.92 Å². The van der Waals surface area contributed by atoms with Gasteiger partial charge in [0.2, 0.25) is 0 Å². The molecule has 0 radical (unpaired) electrons. The Morgan fingerprint density at radius 1 is 1.31 bits per heavy atom. The molecule has 96 valence electrons. The number of methoxy groups -OCH3 is 2. The van der Waals surface area contributed by atoms with Crippen LogP contribution in [0.2, 0.25) is 0 Å². The van der Waals surface area contributed by atoms with Crippen molar-refractivity contribution in [2.24, 2.45) is 5.92 Å². The zero-order valence-electron chi connectivity index (χ0n) is 8.84. The van der Waals surface area contributed by atoms with Gasteiger partial charge < -0.3 is 14.6 Å². The number of aliphatic carboxylic acids is 1. The van der Waals surface area contributed by atoms with Gasteiger partial charge in [0.05, 0.1) is 0 Å². The molecule has 0 aromatic heterocycles. The second-order valence-corrected chi connectivity index (χ2v) is 3.57. The summed E-state index contributed by atoms with van der Waals surface area (Å²) in [6, 6.07) is 0. The van der Waals surface area contributed by atoms with Crippen molar-refractivity contribution in [3.8, 4) is 0 Å². The molecule has 0 aromatic rings. The molecule has 0 fully saturated rings. The minimum atomic E-state index is -4.89. The number of carboxylic acids is 1. The SMILES string of the molecule is COC(OC)(C(C)C(Cl)C(=O)O)C(F)(F)F. The van der Waals surface area contributed by atoms with Crippen LogP contribution in [0.15, 0.2) is 0 Å². The lowest BCUT2D eigenvalue weighted by atomic mass is 9.95. The van der Waals surface area contributed by atoms with Gasteiger partial charge in [0.1, 0.15) is 5.38 Å². The van der Waals surface area contributed by atoms with Crippen molar-refractivity contribution in [3.05, 3.63) is 0 Å². The molecule has 0 aliphatic carbocycles. The van der Waals surface area contributed by atoms with E-state index in [-0.39, 0.29) is 0 Å². The first-order valence-electron chi connectivity index (χ1n) is 4.18. The molecule has 0 aromatic carbocycles. The summed E-state index contributed by atoms with van der Waals surface area (Å²) >= 11 is 5.35. The molecule has 2 unspecified atom stereocenters. The van der Waals surface area contributed by atoms with E-state index in [0.29, 0.717) is 0 Å². The second kappa shape index (κ2) is 5.20. The van der Waals surface area contributed by atoms with Gasteiger partial charge in [-0.25, -0.2) is 0 Å². The van der Waals surface area contributed by atoms with Crippen LogP contribution in [0.25, 0.3) is 0 Å². The van der Waals surface area contributed by atoms with E-state index in [1.54, 1.807) is 0 Å². The van der Waals surface area contributed by atoms with E-state index in [1.807, 2.05) is 0 Å². The van der Waals surface area contributed by atoms with Crippen LogP contribution in [0.3, 0.4) is 0 Å². The molecule has 0 bridgehead atoms. The molecule has 0 saturated carbocycles. The first kappa shape index (κ1) is 15.5. The monoisotopic (exact) mass is 264 g/mol. The van der Waals surface area contributed by atoms with Crippen LogP contribution in [-0.4, -0.2) is 42.6 Å². The maximum Gasteiger partial charge on any atom is 0.443 e. The molecule has 0 amide bonds. The van der Waals surface area contributed by atoms with Crippen molar-refractivity contribution in [1.82, 2.24) is 0 Å². The molecule has 16 heavy (non-hydrogen) atoms. The van der Waals surface area contributed by atoms with Crippen LogP contribution in [0.1, 0.15) is 6.92 Å². The van der Waals surface area contributed by atoms with Crippen LogP contribution in [-0.2, 0) is 14.3 Å². The van der Waals surface area contributed by atoms with E-state index in [2.05, 4.69) is 9.47 Å². The molecular weight excluding hydrogens is 253 g/mol. The first-order valence-corrected chi connectivity index (χ1v) is 4.61. The number of carboxylic acid groups (broad SMARTS) is 1. The molecule has 1 N–H and O–H groups in total. The molecular formula is C8H12ClF3O4. The van der Waals surface area contributed by atoms with Gasteiger partial charge in [0.15, 0.2) is 0 Å². The average Bonchev–Trinajstić information content (AvgIpc) is 2.16. The van der Waals surface area contributed by atoms with E-state index >= 15 is 0 Å². The normalized spacial score (nSPS) is 16.9. The minimum Gasteiger partial charge on any atom is -0.480 e. The third-order valence-corrected chi connectivity index (χ3v) is 2.84. The van der Waals surface area contributed by atoms with Gasteiger partial charge in [-0.1, -0.05) is 6.92 Å². The first-order chi connectivity index (χ1) is 7.14.